The molecular formula is C35H42O10. The smallest absolute Gasteiger partial charge is 0.303 e. The predicted molar refractivity (Wildman–Crippen MR) is 162 cm³/mol. The number of benzene rings is 3. The summed E-state index contributed by atoms with van der Waals surface area (Å²) < 4.78 is 42.9. The van der Waals surface area contributed by atoms with Crippen LogP contribution in [-0.2, 0) is 57.8 Å². The molecule has 10 nitrogen and oxygen atoms in total. The van der Waals surface area contributed by atoms with Crippen LogP contribution >= 0.6 is 0 Å². The largest absolute Gasteiger partial charge is 0.454 e. The Morgan fingerprint density at radius 2 is 1.07 bits per heavy atom. The molecule has 0 spiro atoms. The fourth-order valence-corrected chi connectivity index (χ4v) is 5.66. The third-order valence-electron chi connectivity index (χ3n) is 7.95. The highest BCUT2D eigenvalue weighted by Gasteiger charge is 2.52. The molecule has 0 aliphatic carbocycles. The first kappa shape index (κ1) is 33.2. The lowest BCUT2D eigenvalue weighted by Gasteiger charge is -2.48. The summed E-state index contributed by atoms with van der Waals surface area (Å²) >= 11 is 0. The van der Waals surface area contributed by atoms with Gasteiger partial charge in [-0.3, -0.25) is 4.79 Å². The summed E-state index contributed by atoms with van der Waals surface area (Å²) in [5, 5.41) is 22.5. The van der Waals surface area contributed by atoms with Gasteiger partial charge in [0.15, 0.2) is 18.7 Å². The second-order valence-electron chi connectivity index (χ2n) is 11.4. The fourth-order valence-electron chi connectivity index (χ4n) is 5.66. The van der Waals surface area contributed by atoms with Crippen molar-refractivity contribution >= 4 is 5.97 Å². The summed E-state index contributed by atoms with van der Waals surface area (Å²) in [7, 11) is 0. The Balaban J connectivity index is 1.38. The molecule has 0 aromatic heterocycles. The molecule has 0 saturated carbocycles. The van der Waals surface area contributed by atoms with Crippen molar-refractivity contribution in [3.63, 3.8) is 0 Å². The first-order valence-electron chi connectivity index (χ1n) is 15.3. The zero-order valence-corrected chi connectivity index (χ0v) is 25.7. The van der Waals surface area contributed by atoms with Crippen LogP contribution in [0.1, 0.15) is 37.5 Å². The molecule has 2 aliphatic rings. The Morgan fingerprint density at radius 1 is 0.622 bits per heavy atom. The summed E-state index contributed by atoms with van der Waals surface area (Å²) in [6.45, 7) is 5.42. The normalized spacial score (nSPS) is 31.8. The number of aliphatic hydroxyl groups excluding tert-OH is 2. The summed E-state index contributed by atoms with van der Waals surface area (Å²) in [5.74, 6) is -0.623. The number of esters is 1. The molecule has 10 heteroatoms. The van der Waals surface area contributed by atoms with Crippen LogP contribution in [0.25, 0.3) is 0 Å². The van der Waals surface area contributed by atoms with Crippen molar-refractivity contribution in [2.45, 2.75) is 102 Å². The first-order chi connectivity index (χ1) is 21.8. The van der Waals surface area contributed by atoms with Crippen LogP contribution in [0.15, 0.2) is 91.0 Å². The van der Waals surface area contributed by atoms with Crippen LogP contribution in [0.4, 0.5) is 0 Å². The minimum absolute atomic E-state index is 0.166. The molecule has 2 saturated heterocycles. The number of ether oxygens (including phenoxy) is 7. The molecule has 5 rings (SSSR count). The van der Waals surface area contributed by atoms with E-state index in [1.165, 1.54) is 6.92 Å². The van der Waals surface area contributed by atoms with Gasteiger partial charge in [0.2, 0.25) is 0 Å². The van der Waals surface area contributed by atoms with E-state index < -0.39 is 67.4 Å². The summed E-state index contributed by atoms with van der Waals surface area (Å²) in [6.07, 6.45) is -9.85. The minimum atomic E-state index is -1.36. The van der Waals surface area contributed by atoms with Gasteiger partial charge < -0.3 is 43.4 Å². The van der Waals surface area contributed by atoms with Crippen molar-refractivity contribution in [3.8, 4) is 0 Å². The quantitative estimate of drug-likeness (QED) is 0.288. The van der Waals surface area contributed by atoms with Crippen LogP contribution in [0.5, 0.6) is 0 Å². The van der Waals surface area contributed by atoms with Crippen molar-refractivity contribution in [2.75, 3.05) is 0 Å². The lowest BCUT2D eigenvalue weighted by Crippen LogP contribution is -2.64. The minimum Gasteiger partial charge on any atom is -0.454 e. The van der Waals surface area contributed by atoms with Gasteiger partial charge in [-0.1, -0.05) is 91.0 Å². The fraction of sp³-hybridized carbons (Fsp3) is 0.457. The molecule has 2 fully saturated rings. The van der Waals surface area contributed by atoms with Gasteiger partial charge >= 0.3 is 5.97 Å². The van der Waals surface area contributed by atoms with Crippen LogP contribution < -0.4 is 0 Å². The third kappa shape index (κ3) is 8.75. The monoisotopic (exact) mass is 622 g/mol. The second-order valence-corrected chi connectivity index (χ2v) is 11.4. The first-order valence-corrected chi connectivity index (χ1v) is 15.3. The Kier molecular flexibility index (Phi) is 11.7. The number of hydrogen-bond acceptors (Lipinski definition) is 10. The van der Waals surface area contributed by atoms with E-state index in [0.717, 1.165) is 16.7 Å². The van der Waals surface area contributed by atoms with Crippen molar-refractivity contribution in [3.05, 3.63) is 108 Å². The molecule has 2 heterocycles. The maximum absolute atomic E-state index is 12.2. The number of rotatable bonds is 12. The van der Waals surface area contributed by atoms with Crippen molar-refractivity contribution in [1.82, 2.24) is 0 Å². The lowest BCUT2D eigenvalue weighted by atomic mass is 9.96. The van der Waals surface area contributed by atoms with Gasteiger partial charge in [-0.25, -0.2) is 0 Å². The van der Waals surface area contributed by atoms with E-state index in [9.17, 15) is 15.0 Å². The summed E-state index contributed by atoms with van der Waals surface area (Å²) in [4.78, 5) is 12.2. The maximum atomic E-state index is 12.2. The van der Waals surface area contributed by atoms with Crippen LogP contribution in [0.3, 0.4) is 0 Å². The molecule has 242 valence electrons. The zero-order chi connectivity index (χ0) is 31.8. The molecule has 45 heavy (non-hydrogen) atoms. The van der Waals surface area contributed by atoms with Crippen LogP contribution in [0.2, 0.25) is 0 Å². The van der Waals surface area contributed by atoms with Crippen molar-refractivity contribution in [1.29, 1.82) is 0 Å². The van der Waals surface area contributed by atoms with Gasteiger partial charge in [0.1, 0.15) is 30.5 Å². The van der Waals surface area contributed by atoms with E-state index in [4.69, 9.17) is 33.2 Å². The zero-order valence-electron chi connectivity index (χ0n) is 25.7. The third-order valence-corrected chi connectivity index (χ3v) is 7.95. The molecule has 10 atom stereocenters. The van der Waals surface area contributed by atoms with E-state index in [-0.39, 0.29) is 19.8 Å². The number of aliphatic hydroxyl groups is 2. The number of hydrogen-bond donors (Lipinski definition) is 2. The SMILES string of the molecule is CC(=O)O[C@H]1[C@H](O[C@@H]2[C@@H](OCc3ccccc3)[C@H](C)O[C@@H](O)[C@@H]2OCc2ccccc2)O[C@@H](C)[C@H](OCc2ccccc2)[C@H]1O. The van der Waals surface area contributed by atoms with Gasteiger partial charge in [0.05, 0.1) is 32.0 Å². The molecule has 0 amide bonds. The van der Waals surface area contributed by atoms with Gasteiger partial charge in [-0.2, -0.15) is 0 Å². The summed E-state index contributed by atoms with van der Waals surface area (Å²) in [5.41, 5.74) is 2.74. The summed E-state index contributed by atoms with van der Waals surface area (Å²) in [6, 6.07) is 28.7. The number of carbonyl (C=O) groups is 1. The molecule has 3 aromatic carbocycles. The lowest BCUT2D eigenvalue weighted by molar-refractivity contribution is -0.361. The van der Waals surface area contributed by atoms with Crippen LogP contribution in [0, 0.1) is 0 Å². The van der Waals surface area contributed by atoms with Crippen molar-refractivity contribution < 1.29 is 48.2 Å². The molecule has 0 bridgehead atoms. The Bertz CT molecular complexity index is 1250. The molecule has 0 unspecified atom stereocenters. The predicted octanol–water partition coefficient (Wildman–Crippen LogP) is 3.90. The standard InChI is InChI=1S/C35H42O10/c1-22-29(39-19-25-13-7-4-8-14-25)28(37)31(44-24(3)36)35(43-22)45-32-30(40-20-26-15-9-5-10-16-26)23(2)42-34(38)33(32)41-21-27-17-11-6-12-18-27/h4-18,22-23,28-35,37-38H,19-21H2,1-3H3/t22-,23-,28+,29-,30-,31+,32+,33+,34+,35-/m0/s1. The topological polar surface area (TPSA) is 122 Å². The van der Waals surface area contributed by atoms with E-state index in [1.54, 1.807) is 13.8 Å². The van der Waals surface area contributed by atoms with Gasteiger partial charge in [0.25, 0.3) is 0 Å². The average Bonchev–Trinajstić information content (AvgIpc) is 3.03. The van der Waals surface area contributed by atoms with Gasteiger partial charge in [0, 0.05) is 6.92 Å². The molecular weight excluding hydrogens is 580 g/mol. The van der Waals surface area contributed by atoms with Crippen LogP contribution in [-0.4, -0.2) is 77.6 Å². The molecule has 2 aliphatic heterocycles. The van der Waals surface area contributed by atoms with Crippen molar-refractivity contribution in [2.24, 2.45) is 0 Å². The molecule has 0 radical (unpaired) electrons. The number of carbonyl (C=O) groups excluding carboxylic acids is 1. The average molecular weight is 623 g/mol. The van der Waals surface area contributed by atoms with E-state index in [2.05, 4.69) is 0 Å². The maximum Gasteiger partial charge on any atom is 0.303 e. The highest BCUT2D eigenvalue weighted by Crippen LogP contribution is 2.34. The highest BCUT2D eigenvalue weighted by molar-refractivity contribution is 5.66. The van der Waals surface area contributed by atoms with E-state index >= 15 is 0 Å². The molecule has 3 aromatic rings. The Morgan fingerprint density at radius 3 is 1.56 bits per heavy atom. The van der Waals surface area contributed by atoms with E-state index in [0.29, 0.717) is 0 Å². The van der Waals surface area contributed by atoms with E-state index in [1.807, 2.05) is 91.0 Å². The Labute approximate surface area is 263 Å². The van der Waals surface area contributed by atoms with Gasteiger partial charge in [-0.15, -0.1) is 0 Å². The highest BCUT2D eigenvalue weighted by atomic mass is 16.7. The Hall–Kier alpha value is -3.19. The second kappa shape index (κ2) is 15.9. The van der Waals surface area contributed by atoms with Gasteiger partial charge in [-0.05, 0) is 30.5 Å². The molecule has 2 N–H and O–H groups in total.